The van der Waals surface area contributed by atoms with Gasteiger partial charge in [0.05, 0.1) is 24.1 Å². The van der Waals surface area contributed by atoms with E-state index < -0.39 is 0 Å². The third-order valence-electron chi connectivity index (χ3n) is 4.78. The molecule has 7 heteroatoms. The summed E-state index contributed by atoms with van der Waals surface area (Å²) in [4.78, 5) is 25.1. The van der Waals surface area contributed by atoms with Gasteiger partial charge >= 0.3 is 0 Å². The first-order chi connectivity index (χ1) is 14.2. The van der Waals surface area contributed by atoms with Gasteiger partial charge in [-0.2, -0.15) is 0 Å². The highest BCUT2D eigenvalue weighted by Gasteiger charge is 2.27. The number of nitrogens with one attached hydrogen (secondary N) is 3. The number of furan rings is 1. The van der Waals surface area contributed by atoms with E-state index in [0.29, 0.717) is 42.3 Å². The van der Waals surface area contributed by atoms with Gasteiger partial charge in [0.1, 0.15) is 5.76 Å². The first-order valence-corrected chi connectivity index (χ1v) is 9.29. The number of hydrogen-bond acceptors (Lipinski definition) is 5. The van der Waals surface area contributed by atoms with E-state index in [-0.39, 0.29) is 11.8 Å². The lowest BCUT2D eigenvalue weighted by atomic mass is 9.99. The minimum Gasteiger partial charge on any atom is -0.464 e. The van der Waals surface area contributed by atoms with Gasteiger partial charge in [0.25, 0.3) is 11.8 Å². The monoisotopic (exact) mass is 391 g/mol. The van der Waals surface area contributed by atoms with Gasteiger partial charge < -0.3 is 25.1 Å². The molecule has 1 aromatic heterocycles. The van der Waals surface area contributed by atoms with Crippen LogP contribution in [0.25, 0.3) is 11.3 Å². The molecule has 3 aromatic rings. The third-order valence-corrected chi connectivity index (χ3v) is 4.78. The molecule has 2 aromatic carbocycles. The highest BCUT2D eigenvalue weighted by Crippen LogP contribution is 2.34. The molecule has 148 valence electrons. The summed E-state index contributed by atoms with van der Waals surface area (Å²) >= 11 is 0. The molecule has 29 heavy (non-hydrogen) atoms. The standard InChI is InChI=1S/C22H21N3O4/c1-28-12-10-23-15-6-4-14(5-7-15)21(26)25-18-9-8-16(19-3-2-11-29-19)17-13-24-22(27)20(17)18/h2-9,11,23H,10,12-13H2,1H3,(H,24,27)(H,25,26). The number of benzene rings is 2. The Hall–Kier alpha value is -3.58. The molecule has 0 radical (unpaired) electrons. The summed E-state index contributed by atoms with van der Waals surface area (Å²) in [6.45, 7) is 1.68. The van der Waals surface area contributed by atoms with E-state index in [4.69, 9.17) is 9.15 Å². The van der Waals surface area contributed by atoms with E-state index in [1.165, 1.54) is 0 Å². The van der Waals surface area contributed by atoms with E-state index in [2.05, 4.69) is 16.0 Å². The zero-order chi connectivity index (χ0) is 20.2. The Kier molecular flexibility index (Phi) is 5.31. The number of carbonyl (C=O) groups is 2. The topological polar surface area (TPSA) is 92.6 Å². The Bertz CT molecular complexity index is 1030. The van der Waals surface area contributed by atoms with Gasteiger partial charge in [0.15, 0.2) is 0 Å². The van der Waals surface area contributed by atoms with Gasteiger partial charge in [-0.1, -0.05) is 0 Å². The average Bonchev–Trinajstić information content (AvgIpc) is 3.40. The number of methoxy groups -OCH3 is 1. The van der Waals surface area contributed by atoms with Gasteiger partial charge in [-0.25, -0.2) is 0 Å². The molecule has 0 unspecified atom stereocenters. The largest absolute Gasteiger partial charge is 0.464 e. The van der Waals surface area contributed by atoms with Gasteiger partial charge in [-0.3, -0.25) is 9.59 Å². The molecule has 0 spiro atoms. The van der Waals surface area contributed by atoms with Crippen LogP contribution in [-0.4, -0.2) is 32.1 Å². The van der Waals surface area contributed by atoms with E-state index in [9.17, 15) is 9.59 Å². The molecule has 0 fully saturated rings. The van der Waals surface area contributed by atoms with E-state index >= 15 is 0 Å². The van der Waals surface area contributed by atoms with Crippen molar-refractivity contribution in [1.82, 2.24) is 5.32 Å². The number of carbonyl (C=O) groups excluding carboxylic acids is 2. The molecule has 0 saturated carbocycles. The van der Waals surface area contributed by atoms with Gasteiger partial charge in [-0.15, -0.1) is 0 Å². The molecule has 0 atom stereocenters. The fraction of sp³-hybridized carbons (Fsp3) is 0.182. The van der Waals surface area contributed by atoms with Crippen molar-refractivity contribution >= 4 is 23.2 Å². The number of ether oxygens (including phenoxy) is 1. The van der Waals surface area contributed by atoms with Crippen molar-refractivity contribution in [2.75, 3.05) is 30.9 Å². The molecule has 4 rings (SSSR count). The van der Waals surface area contributed by atoms with Gasteiger partial charge in [0, 0.05) is 37.0 Å². The smallest absolute Gasteiger partial charge is 0.255 e. The normalized spacial score (nSPS) is 12.4. The summed E-state index contributed by atoms with van der Waals surface area (Å²) in [5.74, 6) is 0.203. The second kappa shape index (κ2) is 8.20. The van der Waals surface area contributed by atoms with Crippen LogP contribution in [0.3, 0.4) is 0 Å². The summed E-state index contributed by atoms with van der Waals surface area (Å²) in [5, 5.41) is 8.89. The highest BCUT2D eigenvalue weighted by molar-refractivity contribution is 6.11. The Labute approximate surface area is 168 Å². The molecule has 1 aliphatic heterocycles. The Morgan fingerprint density at radius 3 is 2.72 bits per heavy atom. The average molecular weight is 391 g/mol. The fourth-order valence-corrected chi connectivity index (χ4v) is 3.35. The van der Waals surface area contributed by atoms with Crippen LogP contribution >= 0.6 is 0 Å². The van der Waals surface area contributed by atoms with Crippen molar-refractivity contribution in [3.63, 3.8) is 0 Å². The van der Waals surface area contributed by atoms with Crippen molar-refractivity contribution < 1.29 is 18.7 Å². The van der Waals surface area contributed by atoms with Crippen LogP contribution in [0.2, 0.25) is 0 Å². The van der Waals surface area contributed by atoms with Crippen molar-refractivity contribution in [2.45, 2.75) is 6.54 Å². The van der Waals surface area contributed by atoms with Crippen molar-refractivity contribution in [3.8, 4) is 11.3 Å². The van der Waals surface area contributed by atoms with E-state index in [1.807, 2.05) is 24.3 Å². The predicted molar refractivity (Wildman–Crippen MR) is 110 cm³/mol. The molecule has 3 N–H and O–H groups in total. The minimum atomic E-state index is -0.277. The molecular formula is C22H21N3O4. The minimum absolute atomic E-state index is 0.207. The van der Waals surface area contributed by atoms with Gasteiger partial charge in [0.2, 0.25) is 0 Å². The van der Waals surface area contributed by atoms with Crippen LogP contribution in [0.5, 0.6) is 0 Å². The SMILES string of the molecule is COCCNc1ccc(C(=O)Nc2ccc(-c3ccco3)c3c2C(=O)NC3)cc1. The predicted octanol–water partition coefficient (Wildman–Crippen LogP) is 3.50. The van der Waals surface area contributed by atoms with Crippen LogP contribution in [-0.2, 0) is 11.3 Å². The Morgan fingerprint density at radius 2 is 2.00 bits per heavy atom. The summed E-state index contributed by atoms with van der Waals surface area (Å²) in [5.41, 5.74) is 4.03. The first-order valence-electron chi connectivity index (χ1n) is 9.29. The van der Waals surface area contributed by atoms with Crippen molar-refractivity contribution in [2.24, 2.45) is 0 Å². The second-order valence-electron chi connectivity index (χ2n) is 6.63. The molecule has 1 aliphatic rings. The summed E-state index contributed by atoms with van der Waals surface area (Å²) < 4.78 is 10.5. The van der Waals surface area contributed by atoms with Crippen LogP contribution in [0, 0.1) is 0 Å². The highest BCUT2D eigenvalue weighted by atomic mass is 16.5. The zero-order valence-electron chi connectivity index (χ0n) is 16.0. The van der Waals surface area contributed by atoms with E-state index in [1.54, 1.807) is 37.6 Å². The Morgan fingerprint density at radius 1 is 1.17 bits per heavy atom. The fourth-order valence-electron chi connectivity index (χ4n) is 3.35. The maximum Gasteiger partial charge on any atom is 0.255 e. The molecular weight excluding hydrogens is 370 g/mol. The molecule has 0 aliphatic carbocycles. The number of hydrogen-bond donors (Lipinski definition) is 3. The van der Waals surface area contributed by atoms with Crippen molar-refractivity contribution in [3.05, 3.63) is 71.5 Å². The summed E-state index contributed by atoms with van der Waals surface area (Å²) in [6.07, 6.45) is 1.59. The second-order valence-corrected chi connectivity index (χ2v) is 6.63. The lowest BCUT2D eigenvalue weighted by Gasteiger charge is -2.12. The van der Waals surface area contributed by atoms with Crippen molar-refractivity contribution in [1.29, 1.82) is 0 Å². The molecule has 7 nitrogen and oxygen atoms in total. The molecule has 2 amide bonds. The zero-order valence-corrected chi connectivity index (χ0v) is 16.0. The van der Waals surface area contributed by atoms with E-state index in [0.717, 1.165) is 16.8 Å². The van der Waals surface area contributed by atoms with Crippen LogP contribution in [0.4, 0.5) is 11.4 Å². The molecule has 0 saturated heterocycles. The summed E-state index contributed by atoms with van der Waals surface area (Å²) in [7, 11) is 1.65. The van der Waals surface area contributed by atoms with Crippen LogP contribution < -0.4 is 16.0 Å². The van der Waals surface area contributed by atoms with Crippen LogP contribution in [0.15, 0.2) is 59.2 Å². The number of amides is 2. The van der Waals surface area contributed by atoms with Gasteiger partial charge in [-0.05, 0) is 54.1 Å². The number of fused-ring (bicyclic) bond motifs is 1. The van der Waals surface area contributed by atoms with Crippen LogP contribution in [0.1, 0.15) is 26.3 Å². The maximum absolute atomic E-state index is 12.7. The summed E-state index contributed by atoms with van der Waals surface area (Å²) in [6, 6.07) is 14.4. The lowest BCUT2D eigenvalue weighted by molar-refractivity contribution is 0.0966. The molecule has 2 heterocycles. The molecule has 0 bridgehead atoms. The lowest BCUT2D eigenvalue weighted by Crippen LogP contribution is -2.17. The first kappa shape index (κ1) is 18.8. The third kappa shape index (κ3) is 3.86. The maximum atomic E-state index is 12.7. The Balaban J connectivity index is 1.54. The number of anilines is 2. The quantitative estimate of drug-likeness (QED) is 0.536. The number of rotatable bonds is 7.